The van der Waals surface area contributed by atoms with Gasteiger partial charge in [0.25, 0.3) is 5.91 Å². The molecule has 1 aromatic carbocycles. The van der Waals surface area contributed by atoms with Crippen molar-refractivity contribution in [3.8, 4) is 0 Å². The zero-order chi connectivity index (χ0) is 13.2. The van der Waals surface area contributed by atoms with Crippen molar-refractivity contribution >= 4 is 28.5 Å². The Morgan fingerprint density at radius 2 is 2.26 bits per heavy atom. The topological polar surface area (TPSA) is 83.6 Å². The highest BCUT2D eigenvalue weighted by Gasteiger charge is 2.16. The second-order valence-corrected chi connectivity index (χ2v) is 4.73. The van der Waals surface area contributed by atoms with Gasteiger partial charge in [0.05, 0.1) is 17.1 Å². The number of rotatable bonds is 3. The smallest absolute Gasteiger partial charge is 0.273 e. The summed E-state index contributed by atoms with van der Waals surface area (Å²) in [6, 6.07) is 7.52. The number of nitrogens with zero attached hydrogens (tertiary/aromatic N) is 3. The number of H-pyrrole nitrogens is 1. The minimum atomic E-state index is -0.248. The summed E-state index contributed by atoms with van der Waals surface area (Å²) in [4.78, 5) is 19.5. The third-order valence-corrected chi connectivity index (χ3v) is 3.26. The first-order valence-corrected chi connectivity index (χ1v) is 6.60. The molecule has 0 aliphatic rings. The average Bonchev–Trinajstić information content (AvgIpc) is 3.07. The molecule has 1 atom stereocenters. The molecule has 19 heavy (non-hydrogen) atoms. The van der Waals surface area contributed by atoms with Gasteiger partial charge in [0.2, 0.25) is 0 Å². The number of aromatic amines is 1. The molecule has 1 unspecified atom stereocenters. The van der Waals surface area contributed by atoms with E-state index >= 15 is 0 Å². The van der Waals surface area contributed by atoms with E-state index in [2.05, 4.69) is 24.9 Å². The summed E-state index contributed by atoms with van der Waals surface area (Å²) in [7, 11) is 0. The van der Waals surface area contributed by atoms with Crippen LogP contribution in [0.25, 0.3) is 11.0 Å². The number of hydrogen-bond donors (Lipinski definition) is 2. The van der Waals surface area contributed by atoms with Crippen LogP contribution in [0.3, 0.4) is 0 Å². The lowest BCUT2D eigenvalue weighted by molar-refractivity contribution is 0.0933. The van der Waals surface area contributed by atoms with E-state index in [9.17, 15) is 4.79 Å². The molecule has 2 aromatic heterocycles. The van der Waals surface area contributed by atoms with Gasteiger partial charge in [-0.1, -0.05) is 16.6 Å². The third-order valence-electron chi connectivity index (χ3n) is 2.76. The molecule has 3 aromatic rings. The summed E-state index contributed by atoms with van der Waals surface area (Å²) in [5.74, 6) is 0.472. The fourth-order valence-corrected chi connectivity index (χ4v) is 2.22. The van der Waals surface area contributed by atoms with Gasteiger partial charge in [-0.2, -0.15) is 0 Å². The lowest BCUT2D eigenvalue weighted by Crippen LogP contribution is -2.27. The quantitative estimate of drug-likeness (QED) is 0.763. The van der Waals surface area contributed by atoms with Crippen LogP contribution in [-0.4, -0.2) is 25.5 Å². The Morgan fingerprint density at radius 1 is 1.42 bits per heavy atom. The first-order valence-electron chi connectivity index (χ1n) is 5.76. The molecule has 0 aliphatic heterocycles. The van der Waals surface area contributed by atoms with E-state index < -0.39 is 0 Å². The molecule has 7 heteroatoms. The monoisotopic (exact) mass is 273 g/mol. The zero-order valence-corrected chi connectivity index (χ0v) is 10.9. The number of fused-ring (bicyclic) bond motifs is 1. The van der Waals surface area contributed by atoms with Crippen LogP contribution in [0.4, 0.5) is 0 Å². The van der Waals surface area contributed by atoms with Crippen molar-refractivity contribution in [1.29, 1.82) is 0 Å². The first-order chi connectivity index (χ1) is 9.24. The van der Waals surface area contributed by atoms with Crippen LogP contribution in [0, 0.1) is 0 Å². The Morgan fingerprint density at radius 3 is 3.00 bits per heavy atom. The van der Waals surface area contributed by atoms with Crippen LogP contribution >= 0.6 is 11.5 Å². The summed E-state index contributed by atoms with van der Waals surface area (Å²) in [5, 5.41) is 8.17. The van der Waals surface area contributed by atoms with E-state index in [4.69, 9.17) is 0 Å². The summed E-state index contributed by atoms with van der Waals surface area (Å²) >= 11 is 1.15. The maximum Gasteiger partial charge on any atom is 0.273 e. The van der Waals surface area contributed by atoms with Gasteiger partial charge in [-0.15, -0.1) is 5.10 Å². The zero-order valence-electron chi connectivity index (χ0n) is 10.1. The maximum atomic E-state index is 11.9. The van der Waals surface area contributed by atoms with Gasteiger partial charge in [0.1, 0.15) is 5.82 Å². The number of para-hydroxylation sites is 2. The second-order valence-electron chi connectivity index (χ2n) is 4.12. The van der Waals surface area contributed by atoms with Crippen LogP contribution in [0.1, 0.15) is 29.3 Å². The van der Waals surface area contributed by atoms with E-state index in [0.29, 0.717) is 5.69 Å². The Labute approximate surface area is 113 Å². The number of imidazole rings is 1. The predicted molar refractivity (Wildman–Crippen MR) is 71.9 cm³/mol. The number of benzene rings is 1. The van der Waals surface area contributed by atoms with Crippen molar-refractivity contribution in [1.82, 2.24) is 24.9 Å². The van der Waals surface area contributed by atoms with Gasteiger partial charge in [-0.05, 0) is 30.6 Å². The number of carbonyl (C=O) groups is 1. The molecule has 0 aliphatic carbocycles. The third kappa shape index (κ3) is 2.32. The molecular weight excluding hydrogens is 262 g/mol. The number of nitrogens with one attached hydrogen (secondary N) is 2. The second kappa shape index (κ2) is 4.77. The van der Waals surface area contributed by atoms with Crippen LogP contribution in [0.2, 0.25) is 0 Å². The molecular formula is C12H11N5OS. The van der Waals surface area contributed by atoms with Crippen LogP contribution in [-0.2, 0) is 0 Å². The molecule has 2 N–H and O–H groups in total. The molecule has 2 heterocycles. The molecule has 0 fully saturated rings. The van der Waals surface area contributed by atoms with Gasteiger partial charge in [-0.25, -0.2) is 4.98 Å². The number of aromatic nitrogens is 4. The fraction of sp³-hybridized carbons (Fsp3) is 0.167. The van der Waals surface area contributed by atoms with E-state index in [1.165, 1.54) is 0 Å². The Hall–Kier alpha value is -2.28. The highest BCUT2D eigenvalue weighted by molar-refractivity contribution is 7.03. The van der Waals surface area contributed by atoms with Gasteiger partial charge in [0.15, 0.2) is 5.69 Å². The molecule has 96 valence electrons. The van der Waals surface area contributed by atoms with E-state index in [0.717, 1.165) is 28.4 Å². The summed E-state index contributed by atoms with van der Waals surface area (Å²) in [6.07, 6.45) is 0. The van der Waals surface area contributed by atoms with Gasteiger partial charge in [0, 0.05) is 5.38 Å². The fourth-order valence-electron chi connectivity index (χ4n) is 1.78. The molecule has 1 amide bonds. The number of hydrogen-bond acceptors (Lipinski definition) is 5. The highest BCUT2D eigenvalue weighted by Crippen LogP contribution is 2.15. The molecule has 3 rings (SSSR count). The highest BCUT2D eigenvalue weighted by atomic mass is 32.1. The minimum absolute atomic E-state index is 0.221. The lowest BCUT2D eigenvalue weighted by atomic mass is 10.3. The lowest BCUT2D eigenvalue weighted by Gasteiger charge is -2.09. The van der Waals surface area contributed by atoms with E-state index in [1.807, 2.05) is 31.2 Å². The first kappa shape index (κ1) is 11.8. The van der Waals surface area contributed by atoms with Crippen LogP contribution < -0.4 is 5.32 Å². The maximum absolute atomic E-state index is 11.9. The van der Waals surface area contributed by atoms with Crippen molar-refractivity contribution in [2.24, 2.45) is 0 Å². The molecule has 0 bridgehead atoms. The normalized spacial score (nSPS) is 12.5. The summed E-state index contributed by atoms with van der Waals surface area (Å²) < 4.78 is 3.67. The minimum Gasteiger partial charge on any atom is -0.341 e. The van der Waals surface area contributed by atoms with Crippen molar-refractivity contribution < 1.29 is 4.79 Å². The van der Waals surface area contributed by atoms with Crippen LogP contribution in [0.15, 0.2) is 29.6 Å². The standard InChI is InChI=1S/C12H11N5OS/c1-7(13-12(18)10-6-19-17-16-10)11-14-8-4-2-3-5-9(8)15-11/h2-7H,1H3,(H,13,18)(H,14,15). The summed E-state index contributed by atoms with van der Waals surface area (Å²) in [6.45, 7) is 1.87. The Bertz CT molecular complexity index is 673. The molecule has 0 saturated carbocycles. The van der Waals surface area contributed by atoms with Gasteiger partial charge in [-0.3, -0.25) is 4.79 Å². The summed E-state index contributed by atoms with van der Waals surface area (Å²) in [5.41, 5.74) is 2.16. The van der Waals surface area contributed by atoms with Crippen molar-refractivity contribution in [3.63, 3.8) is 0 Å². The van der Waals surface area contributed by atoms with Crippen molar-refractivity contribution in [3.05, 3.63) is 41.2 Å². The predicted octanol–water partition coefficient (Wildman–Crippen LogP) is 1.91. The van der Waals surface area contributed by atoms with Crippen molar-refractivity contribution in [2.75, 3.05) is 0 Å². The van der Waals surface area contributed by atoms with Gasteiger partial charge < -0.3 is 10.3 Å². The molecule has 0 radical (unpaired) electrons. The molecule has 0 saturated heterocycles. The molecule has 0 spiro atoms. The van der Waals surface area contributed by atoms with Crippen molar-refractivity contribution in [2.45, 2.75) is 13.0 Å². The van der Waals surface area contributed by atoms with Crippen LogP contribution in [0.5, 0.6) is 0 Å². The number of amides is 1. The van der Waals surface area contributed by atoms with E-state index in [1.54, 1.807) is 5.38 Å². The number of carbonyl (C=O) groups excluding carboxylic acids is 1. The van der Waals surface area contributed by atoms with E-state index in [-0.39, 0.29) is 11.9 Å². The Balaban J connectivity index is 1.80. The Kier molecular flexibility index (Phi) is 2.96. The SMILES string of the molecule is CC(NC(=O)c1csnn1)c1nc2ccccc2[nH]1. The average molecular weight is 273 g/mol. The largest absolute Gasteiger partial charge is 0.341 e. The molecule has 6 nitrogen and oxygen atoms in total. The van der Waals surface area contributed by atoms with Gasteiger partial charge >= 0.3 is 0 Å².